The molecule has 1 aromatic rings. The number of aryl methyl sites for hydroxylation is 1. The van der Waals surface area contributed by atoms with Gasteiger partial charge in [0.1, 0.15) is 11.9 Å². The molecule has 0 bridgehead atoms. The summed E-state index contributed by atoms with van der Waals surface area (Å²) in [5.74, 6) is 1.56. The zero-order chi connectivity index (χ0) is 13.0. The molecule has 3 unspecified atom stereocenters. The summed E-state index contributed by atoms with van der Waals surface area (Å²) in [4.78, 5) is 0. The number of benzene rings is 1. The first-order valence-corrected chi connectivity index (χ1v) is 7.11. The largest absolute Gasteiger partial charge is 0.487 e. The van der Waals surface area contributed by atoms with Crippen LogP contribution in [0.2, 0.25) is 0 Å². The van der Waals surface area contributed by atoms with Crippen molar-refractivity contribution < 1.29 is 9.47 Å². The highest BCUT2D eigenvalue weighted by molar-refractivity contribution is 5.28. The van der Waals surface area contributed by atoms with Crippen molar-refractivity contribution in [2.24, 2.45) is 5.92 Å². The Morgan fingerprint density at radius 2 is 1.89 bits per heavy atom. The summed E-state index contributed by atoms with van der Waals surface area (Å²) in [6, 6.07) is 8.49. The number of rotatable bonds is 6. The molecule has 2 rings (SSSR count). The van der Waals surface area contributed by atoms with Gasteiger partial charge in [0, 0.05) is 6.61 Å². The third kappa shape index (κ3) is 3.05. The Kier molecular flexibility index (Phi) is 4.65. The smallest absolute Gasteiger partial charge is 0.127 e. The minimum absolute atomic E-state index is 0.224. The molecule has 1 saturated carbocycles. The zero-order valence-corrected chi connectivity index (χ0v) is 11.7. The molecule has 3 atom stereocenters. The lowest BCUT2D eigenvalue weighted by molar-refractivity contribution is -0.115. The van der Waals surface area contributed by atoms with Crippen LogP contribution in [0, 0.1) is 5.92 Å². The van der Waals surface area contributed by atoms with E-state index in [9.17, 15) is 0 Å². The third-order valence-corrected chi connectivity index (χ3v) is 3.65. The van der Waals surface area contributed by atoms with Gasteiger partial charge in [0.2, 0.25) is 0 Å². The van der Waals surface area contributed by atoms with Crippen LogP contribution in [0.3, 0.4) is 0 Å². The van der Waals surface area contributed by atoms with Gasteiger partial charge in [-0.3, -0.25) is 0 Å². The van der Waals surface area contributed by atoms with Gasteiger partial charge in [-0.25, -0.2) is 0 Å². The number of hydrogen-bond donors (Lipinski definition) is 0. The average molecular weight is 248 g/mol. The van der Waals surface area contributed by atoms with Gasteiger partial charge in [-0.2, -0.15) is 0 Å². The van der Waals surface area contributed by atoms with E-state index in [1.165, 1.54) is 12.0 Å². The van der Waals surface area contributed by atoms with Crippen LogP contribution in [0.1, 0.15) is 39.2 Å². The summed E-state index contributed by atoms with van der Waals surface area (Å²) in [5.41, 5.74) is 1.38. The molecule has 2 nitrogen and oxygen atoms in total. The van der Waals surface area contributed by atoms with Crippen LogP contribution in [0.5, 0.6) is 5.75 Å². The van der Waals surface area contributed by atoms with Crippen LogP contribution in [-0.4, -0.2) is 18.8 Å². The van der Waals surface area contributed by atoms with E-state index in [1.807, 2.05) is 6.92 Å². The maximum Gasteiger partial charge on any atom is 0.127 e. The lowest BCUT2D eigenvalue weighted by atomic mass is 9.80. The first kappa shape index (κ1) is 13.4. The van der Waals surface area contributed by atoms with E-state index < -0.39 is 0 Å². The first-order valence-electron chi connectivity index (χ1n) is 7.11. The molecule has 1 aromatic carbocycles. The lowest BCUT2D eigenvalue weighted by Crippen LogP contribution is -2.50. The number of ether oxygens (including phenoxy) is 2. The minimum atomic E-state index is 0.224. The molecular formula is C16H24O2. The van der Waals surface area contributed by atoms with Crippen molar-refractivity contribution in [3.63, 3.8) is 0 Å². The van der Waals surface area contributed by atoms with Gasteiger partial charge in [0.15, 0.2) is 0 Å². The van der Waals surface area contributed by atoms with E-state index in [0.717, 1.165) is 25.2 Å². The van der Waals surface area contributed by atoms with Gasteiger partial charge in [-0.05, 0) is 43.4 Å². The maximum atomic E-state index is 6.04. The summed E-state index contributed by atoms with van der Waals surface area (Å²) < 4.78 is 11.7. The zero-order valence-electron chi connectivity index (χ0n) is 11.7. The van der Waals surface area contributed by atoms with Gasteiger partial charge in [-0.1, -0.05) is 32.4 Å². The molecule has 0 aromatic heterocycles. The second kappa shape index (κ2) is 6.24. The molecule has 100 valence electrons. The fraction of sp³-hybridized carbons (Fsp3) is 0.625. The number of hydrogen-bond acceptors (Lipinski definition) is 2. The molecule has 18 heavy (non-hydrogen) atoms. The summed E-state index contributed by atoms with van der Waals surface area (Å²) in [5, 5.41) is 0. The van der Waals surface area contributed by atoms with E-state index in [0.29, 0.717) is 5.92 Å². The molecule has 1 aliphatic carbocycles. The Morgan fingerprint density at radius 3 is 2.44 bits per heavy atom. The van der Waals surface area contributed by atoms with Crippen molar-refractivity contribution in [2.75, 3.05) is 6.61 Å². The Labute approximate surface area is 110 Å². The van der Waals surface area contributed by atoms with Gasteiger partial charge in [-0.15, -0.1) is 0 Å². The molecule has 2 heteroatoms. The monoisotopic (exact) mass is 248 g/mol. The average Bonchev–Trinajstić information content (AvgIpc) is 2.38. The highest BCUT2D eigenvalue weighted by Crippen LogP contribution is 2.34. The molecular weight excluding hydrogens is 224 g/mol. The van der Waals surface area contributed by atoms with Crippen LogP contribution in [0.25, 0.3) is 0 Å². The Hall–Kier alpha value is -1.02. The highest BCUT2D eigenvalue weighted by Gasteiger charge is 2.40. The van der Waals surface area contributed by atoms with E-state index in [1.54, 1.807) is 0 Å². The standard InChI is InChI=1S/C16H24O2/c1-4-6-13-7-9-14(10-8-13)18-16-12(3)11-15(16)17-5-2/h7-10,12,15-16H,4-6,11H2,1-3H3. The van der Waals surface area contributed by atoms with Crippen molar-refractivity contribution >= 4 is 0 Å². The summed E-state index contributed by atoms with van der Waals surface area (Å²) in [6.45, 7) is 7.24. The minimum Gasteiger partial charge on any atom is -0.487 e. The summed E-state index contributed by atoms with van der Waals surface area (Å²) in [6.07, 6.45) is 3.95. The highest BCUT2D eigenvalue weighted by atomic mass is 16.5. The second-order valence-electron chi connectivity index (χ2n) is 5.18. The van der Waals surface area contributed by atoms with Crippen molar-refractivity contribution in [3.8, 4) is 5.75 Å². The lowest BCUT2D eigenvalue weighted by Gasteiger charge is -2.42. The molecule has 1 aliphatic rings. The molecule has 0 saturated heterocycles. The topological polar surface area (TPSA) is 18.5 Å². The van der Waals surface area contributed by atoms with E-state index in [-0.39, 0.29) is 12.2 Å². The van der Waals surface area contributed by atoms with E-state index in [2.05, 4.69) is 38.1 Å². The predicted octanol–water partition coefficient (Wildman–Crippen LogP) is 3.83. The molecule has 0 amide bonds. The van der Waals surface area contributed by atoms with Crippen molar-refractivity contribution in [1.82, 2.24) is 0 Å². The van der Waals surface area contributed by atoms with Gasteiger partial charge in [0.25, 0.3) is 0 Å². The summed E-state index contributed by atoms with van der Waals surface area (Å²) in [7, 11) is 0. The first-order chi connectivity index (χ1) is 8.74. The SMILES string of the molecule is CCCc1ccc(OC2C(C)CC2OCC)cc1. The molecule has 1 fully saturated rings. The fourth-order valence-electron chi connectivity index (χ4n) is 2.55. The Balaban J connectivity index is 1.92. The van der Waals surface area contributed by atoms with E-state index >= 15 is 0 Å². The van der Waals surface area contributed by atoms with Crippen molar-refractivity contribution in [1.29, 1.82) is 0 Å². The van der Waals surface area contributed by atoms with Gasteiger partial charge < -0.3 is 9.47 Å². The molecule has 0 spiro atoms. The Morgan fingerprint density at radius 1 is 1.17 bits per heavy atom. The van der Waals surface area contributed by atoms with E-state index in [4.69, 9.17) is 9.47 Å². The predicted molar refractivity (Wildman–Crippen MR) is 74.0 cm³/mol. The van der Waals surface area contributed by atoms with Crippen LogP contribution in [0.15, 0.2) is 24.3 Å². The quantitative estimate of drug-likeness (QED) is 0.761. The third-order valence-electron chi connectivity index (χ3n) is 3.65. The van der Waals surface area contributed by atoms with Gasteiger partial charge in [0.05, 0.1) is 6.10 Å². The van der Waals surface area contributed by atoms with Crippen LogP contribution in [0.4, 0.5) is 0 Å². The molecule has 0 aliphatic heterocycles. The van der Waals surface area contributed by atoms with Gasteiger partial charge >= 0.3 is 0 Å². The fourth-order valence-corrected chi connectivity index (χ4v) is 2.55. The van der Waals surface area contributed by atoms with Crippen LogP contribution >= 0.6 is 0 Å². The van der Waals surface area contributed by atoms with Crippen LogP contribution < -0.4 is 4.74 Å². The van der Waals surface area contributed by atoms with Crippen LogP contribution in [-0.2, 0) is 11.2 Å². The second-order valence-corrected chi connectivity index (χ2v) is 5.18. The maximum absolute atomic E-state index is 6.04. The molecule has 0 N–H and O–H groups in total. The molecule has 0 heterocycles. The van der Waals surface area contributed by atoms with Crippen molar-refractivity contribution in [3.05, 3.63) is 29.8 Å². The van der Waals surface area contributed by atoms with Crippen molar-refractivity contribution in [2.45, 2.75) is 52.2 Å². The Bertz CT molecular complexity index is 356. The summed E-state index contributed by atoms with van der Waals surface area (Å²) >= 11 is 0. The molecule has 0 radical (unpaired) electrons. The normalized spacial score (nSPS) is 26.7.